The molecule has 0 spiro atoms. The van der Waals surface area contributed by atoms with Gasteiger partial charge in [0.2, 0.25) is 11.8 Å². The van der Waals surface area contributed by atoms with Crippen molar-refractivity contribution in [2.45, 2.75) is 58.2 Å². The number of carbonyl (C=O) groups excluding carboxylic acids is 2. The van der Waals surface area contributed by atoms with Crippen LogP contribution in [0.1, 0.15) is 43.4 Å². The maximum absolute atomic E-state index is 13.9. The molecule has 7 heteroatoms. The fourth-order valence-electron chi connectivity index (χ4n) is 4.39. The van der Waals surface area contributed by atoms with E-state index in [1.165, 1.54) is 0 Å². The molecule has 7 nitrogen and oxygen atoms in total. The molecular weight excluding hydrogens is 492 g/mol. The van der Waals surface area contributed by atoms with Crippen LogP contribution >= 0.6 is 0 Å². The summed E-state index contributed by atoms with van der Waals surface area (Å²) in [6.07, 6.45) is 1.95. The van der Waals surface area contributed by atoms with Crippen LogP contribution in [-0.4, -0.2) is 50.1 Å². The Morgan fingerprint density at radius 2 is 1.54 bits per heavy atom. The summed E-state index contributed by atoms with van der Waals surface area (Å²) in [6, 6.07) is 22.4. The molecule has 0 radical (unpaired) electrons. The highest BCUT2D eigenvalue weighted by atomic mass is 16.5. The Labute approximate surface area is 232 Å². The Kier molecular flexibility index (Phi) is 11.2. The van der Waals surface area contributed by atoms with Crippen molar-refractivity contribution in [3.8, 4) is 17.2 Å². The minimum Gasteiger partial charge on any atom is -0.497 e. The lowest BCUT2D eigenvalue weighted by Gasteiger charge is -2.32. The molecule has 0 aliphatic heterocycles. The number of methoxy groups -OCH3 is 3. The molecule has 0 aliphatic carbocycles. The third-order valence-electron chi connectivity index (χ3n) is 6.83. The zero-order valence-electron chi connectivity index (χ0n) is 23.6. The number of nitrogens with zero attached hydrogens (tertiary/aromatic N) is 1. The predicted molar refractivity (Wildman–Crippen MR) is 153 cm³/mol. The van der Waals surface area contributed by atoms with Crippen LogP contribution < -0.4 is 19.5 Å². The Balaban J connectivity index is 1.93. The second kappa shape index (κ2) is 14.8. The van der Waals surface area contributed by atoms with Crippen molar-refractivity contribution in [3.05, 3.63) is 89.5 Å². The topological polar surface area (TPSA) is 77.1 Å². The maximum atomic E-state index is 13.9. The van der Waals surface area contributed by atoms with Crippen molar-refractivity contribution >= 4 is 11.8 Å². The van der Waals surface area contributed by atoms with Gasteiger partial charge in [-0.2, -0.15) is 0 Å². The first-order valence-corrected chi connectivity index (χ1v) is 13.4. The molecule has 0 saturated carbocycles. The van der Waals surface area contributed by atoms with Gasteiger partial charge in [-0.05, 0) is 60.7 Å². The highest BCUT2D eigenvalue weighted by molar-refractivity contribution is 5.88. The first kappa shape index (κ1) is 29.6. The Morgan fingerprint density at radius 3 is 2.21 bits per heavy atom. The number of carbonyl (C=O) groups is 2. The van der Waals surface area contributed by atoms with Gasteiger partial charge in [0.15, 0.2) is 11.5 Å². The van der Waals surface area contributed by atoms with E-state index >= 15 is 0 Å². The van der Waals surface area contributed by atoms with Gasteiger partial charge in [0.25, 0.3) is 0 Å². The molecule has 3 rings (SSSR count). The van der Waals surface area contributed by atoms with Crippen LogP contribution in [0.15, 0.2) is 72.8 Å². The van der Waals surface area contributed by atoms with Crippen molar-refractivity contribution in [3.63, 3.8) is 0 Å². The molecule has 2 atom stereocenters. The minimum absolute atomic E-state index is 0.00342. The molecule has 0 saturated heterocycles. The molecule has 1 N–H and O–H groups in total. The van der Waals surface area contributed by atoms with Crippen LogP contribution in [0.2, 0.25) is 0 Å². The second-order valence-corrected chi connectivity index (χ2v) is 9.59. The van der Waals surface area contributed by atoms with Crippen LogP contribution in [0.5, 0.6) is 17.2 Å². The van der Waals surface area contributed by atoms with Gasteiger partial charge in [-0.1, -0.05) is 55.5 Å². The highest BCUT2D eigenvalue weighted by Crippen LogP contribution is 2.28. The van der Waals surface area contributed by atoms with Gasteiger partial charge in [-0.3, -0.25) is 9.59 Å². The summed E-state index contributed by atoms with van der Waals surface area (Å²) in [5.74, 6) is 1.69. The summed E-state index contributed by atoms with van der Waals surface area (Å²) in [5.41, 5.74) is 2.83. The van der Waals surface area contributed by atoms with Gasteiger partial charge in [0, 0.05) is 25.4 Å². The molecule has 39 heavy (non-hydrogen) atoms. The molecule has 0 aromatic heterocycles. The van der Waals surface area contributed by atoms with E-state index in [-0.39, 0.29) is 30.8 Å². The van der Waals surface area contributed by atoms with Crippen molar-refractivity contribution in [1.82, 2.24) is 10.2 Å². The van der Waals surface area contributed by atoms with Crippen molar-refractivity contribution in [1.29, 1.82) is 0 Å². The molecule has 0 bridgehead atoms. The third-order valence-corrected chi connectivity index (χ3v) is 6.83. The lowest BCUT2D eigenvalue weighted by molar-refractivity contribution is -0.141. The SMILES string of the molecule is CC[C@H](C)NC(=O)[C@H](Cc1ccccc1)N(Cc1cccc(OC)c1)C(=O)CCc1ccc(OC)c(OC)c1. The zero-order valence-corrected chi connectivity index (χ0v) is 23.6. The second-order valence-electron chi connectivity index (χ2n) is 9.59. The number of hydrogen-bond acceptors (Lipinski definition) is 5. The Bertz CT molecular complexity index is 1210. The number of aryl methyl sites for hydroxylation is 1. The number of ether oxygens (including phenoxy) is 3. The molecule has 0 unspecified atom stereocenters. The number of amides is 2. The van der Waals surface area contributed by atoms with E-state index in [2.05, 4.69) is 5.32 Å². The first-order valence-electron chi connectivity index (χ1n) is 13.4. The predicted octanol–water partition coefficient (Wildman–Crippen LogP) is 5.20. The summed E-state index contributed by atoms with van der Waals surface area (Å²) in [7, 11) is 4.80. The Hall–Kier alpha value is -4.00. The van der Waals surface area contributed by atoms with Gasteiger partial charge in [-0.15, -0.1) is 0 Å². The molecular formula is C32H40N2O5. The number of benzene rings is 3. The van der Waals surface area contributed by atoms with Gasteiger partial charge in [0.05, 0.1) is 21.3 Å². The summed E-state index contributed by atoms with van der Waals surface area (Å²) < 4.78 is 16.2. The summed E-state index contributed by atoms with van der Waals surface area (Å²) in [5, 5.41) is 3.11. The van der Waals surface area contributed by atoms with E-state index in [4.69, 9.17) is 14.2 Å². The van der Waals surface area contributed by atoms with Crippen LogP contribution in [0.4, 0.5) is 0 Å². The first-order chi connectivity index (χ1) is 18.9. The largest absolute Gasteiger partial charge is 0.497 e. The molecule has 0 aliphatic rings. The van der Waals surface area contributed by atoms with Gasteiger partial charge in [-0.25, -0.2) is 0 Å². The van der Waals surface area contributed by atoms with Gasteiger partial charge < -0.3 is 24.4 Å². The average Bonchev–Trinajstić information content (AvgIpc) is 2.97. The van der Waals surface area contributed by atoms with E-state index in [1.807, 2.05) is 86.6 Å². The van der Waals surface area contributed by atoms with Crippen LogP contribution in [-0.2, 0) is 29.0 Å². The zero-order chi connectivity index (χ0) is 28.2. The van der Waals surface area contributed by atoms with Crippen LogP contribution in [0, 0.1) is 0 Å². The van der Waals surface area contributed by atoms with E-state index < -0.39 is 6.04 Å². The van der Waals surface area contributed by atoms with Crippen molar-refractivity contribution in [2.24, 2.45) is 0 Å². The standard InChI is InChI=1S/C32H40N2O5/c1-6-23(2)33-32(36)28(20-24-11-8-7-9-12-24)34(22-26-13-10-14-27(19-26)37-3)31(35)18-16-25-15-17-29(38-4)30(21-25)39-5/h7-15,17,19,21,23,28H,6,16,18,20,22H2,1-5H3,(H,33,36)/t23-,28-/m0/s1. The molecule has 3 aromatic rings. The fourth-order valence-corrected chi connectivity index (χ4v) is 4.39. The lowest BCUT2D eigenvalue weighted by atomic mass is 10.0. The highest BCUT2D eigenvalue weighted by Gasteiger charge is 2.31. The smallest absolute Gasteiger partial charge is 0.243 e. The normalized spacial score (nSPS) is 12.2. The molecule has 208 valence electrons. The fraction of sp³-hybridized carbons (Fsp3) is 0.375. The van der Waals surface area contributed by atoms with Crippen molar-refractivity contribution in [2.75, 3.05) is 21.3 Å². The van der Waals surface area contributed by atoms with E-state index in [0.29, 0.717) is 30.1 Å². The summed E-state index contributed by atoms with van der Waals surface area (Å²) in [4.78, 5) is 29.3. The molecule has 3 aromatic carbocycles. The van der Waals surface area contributed by atoms with Crippen molar-refractivity contribution < 1.29 is 23.8 Å². The van der Waals surface area contributed by atoms with E-state index in [1.54, 1.807) is 26.2 Å². The maximum Gasteiger partial charge on any atom is 0.243 e. The number of nitrogens with one attached hydrogen (secondary N) is 1. The van der Waals surface area contributed by atoms with E-state index in [9.17, 15) is 9.59 Å². The van der Waals surface area contributed by atoms with Gasteiger partial charge in [0.1, 0.15) is 11.8 Å². The van der Waals surface area contributed by atoms with Crippen LogP contribution in [0.3, 0.4) is 0 Å². The molecule has 0 heterocycles. The minimum atomic E-state index is -0.675. The number of hydrogen-bond donors (Lipinski definition) is 1. The number of rotatable bonds is 14. The summed E-state index contributed by atoms with van der Waals surface area (Å²) in [6.45, 7) is 4.29. The average molecular weight is 533 g/mol. The quantitative estimate of drug-likeness (QED) is 0.309. The van der Waals surface area contributed by atoms with Gasteiger partial charge >= 0.3 is 0 Å². The monoisotopic (exact) mass is 532 g/mol. The van der Waals surface area contributed by atoms with Crippen LogP contribution in [0.25, 0.3) is 0 Å². The summed E-state index contributed by atoms with van der Waals surface area (Å²) >= 11 is 0. The lowest BCUT2D eigenvalue weighted by Crippen LogP contribution is -2.52. The third kappa shape index (κ3) is 8.50. The molecule has 2 amide bonds. The molecule has 0 fully saturated rings. The Morgan fingerprint density at radius 1 is 0.821 bits per heavy atom. The van der Waals surface area contributed by atoms with E-state index in [0.717, 1.165) is 23.1 Å².